The lowest BCUT2D eigenvalue weighted by Gasteiger charge is -2.06. The maximum Gasteiger partial charge on any atom is 0.354 e. The van der Waals surface area contributed by atoms with E-state index in [2.05, 4.69) is 4.98 Å². The van der Waals surface area contributed by atoms with Crippen LogP contribution in [-0.4, -0.2) is 57.7 Å². The summed E-state index contributed by atoms with van der Waals surface area (Å²) in [6.45, 7) is 2.58. The third-order valence-electron chi connectivity index (χ3n) is 2.19. The summed E-state index contributed by atoms with van der Waals surface area (Å²) in [5.41, 5.74) is 6.30. The first kappa shape index (κ1) is 15.5. The van der Waals surface area contributed by atoms with Gasteiger partial charge in [0.25, 0.3) is 0 Å². The summed E-state index contributed by atoms with van der Waals surface area (Å²) in [6.07, 6.45) is 1.53. The van der Waals surface area contributed by atoms with Gasteiger partial charge in [0, 0.05) is 13.3 Å². The highest BCUT2D eigenvalue weighted by atomic mass is 16.6. The zero-order chi connectivity index (χ0) is 13.9. The second-order valence-corrected chi connectivity index (χ2v) is 3.70. The van der Waals surface area contributed by atoms with Gasteiger partial charge in [-0.15, -0.1) is 0 Å². The van der Waals surface area contributed by atoms with Crippen LogP contribution in [0.4, 0.5) is 5.69 Å². The van der Waals surface area contributed by atoms with E-state index in [1.165, 1.54) is 12.3 Å². The first-order valence-corrected chi connectivity index (χ1v) is 5.99. The number of aromatic amines is 1. The topological polar surface area (TPSA) is 95.8 Å². The van der Waals surface area contributed by atoms with E-state index in [1.807, 2.05) is 0 Å². The number of methoxy groups -OCH3 is 1. The van der Waals surface area contributed by atoms with Crippen LogP contribution < -0.4 is 5.73 Å². The Hall–Kier alpha value is -1.57. The fraction of sp³-hybridized carbons (Fsp3) is 0.583. The van der Waals surface area contributed by atoms with Crippen molar-refractivity contribution >= 4 is 11.7 Å². The molecule has 1 aromatic heterocycles. The Kier molecular flexibility index (Phi) is 7.64. The minimum atomic E-state index is -0.448. The van der Waals surface area contributed by atoms with Crippen LogP contribution >= 0.6 is 0 Å². The highest BCUT2D eigenvalue weighted by Crippen LogP contribution is 2.05. The van der Waals surface area contributed by atoms with Crippen LogP contribution in [0.15, 0.2) is 12.3 Å². The van der Waals surface area contributed by atoms with E-state index >= 15 is 0 Å². The molecule has 19 heavy (non-hydrogen) atoms. The van der Waals surface area contributed by atoms with E-state index in [1.54, 1.807) is 7.11 Å². The molecule has 3 N–H and O–H groups in total. The van der Waals surface area contributed by atoms with Gasteiger partial charge in [0.15, 0.2) is 0 Å². The molecule has 0 saturated carbocycles. The van der Waals surface area contributed by atoms with Gasteiger partial charge in [0.05, 0.1) is 38.7 Å². The molecule has 0 atom stereocenters. The molecule has 0 unspecified atom stereocenters. The largest absolute Gasteiger partial charge is 0.459 e. The third-order valence-corrected chi connectivity index (χ3v) is 2.19. The number of rotatable bonds is 10. The zero-order valence-corrected chi connectivity index (χ0v) is 11.0. The van der Waals surface area contributed by atoms with Crippen molar-refractivity contribution in [2.75, 3.05) is 52.5 Å². The Morgan fingerprint density at radius 1 is 1.16 bits per heavy atom. The lowest BCUT2D eigenvalue weighted by molar-refractivity contribution is 0.00551. The number of H-pyrrole nitrogens is 1. The summed E-state index contributed by atoms with van der Waals surface area (Å²) in [5, 5.41) is 0. The molecule has 0 radical (unpaired) electrons. The molecule has 0 bridgehead atoms. The van der Waals surface area contributed by atoms with Crippen LogP contribution in [0.1, 0.15) is 10.5 Å². The van der Waals surface area contributed by atoms with Crippen LogP contribution in [0.5, 0.6) is 0 Å². The normalized spacial score (nSPS) is 10.6. The van der Waals surface area contributed by atoms with Crippen molar-refractivity contribution in [1.82, 2.24) is 4.98 Å². The average Bonchev–Trinajstić information content (AvgIpc) is 2.83. The molecule has 1 heterocycles. The predicted molar refractivity (Wildman–Crippen MR) is 69.0 cm³/mol. The summed E-state index contributed by atoms with van der Waals surface area (Å²) in [6, 6.07) is 1.52. The summed E-state index contributed by atoms with van der Waals surface area (Å²) in [5.74, 6) is -0.448. The zero-order valence-electron chi connectivity index (χ0n) is 11.0. The molecule has 1 aromatic rings. The molecule has 108 valence electrons. The first-order chi connectivity index (χ1) is 9.24. The van der Waals surface area contributed by atoms with Gasteiger partial charge in [-0.05, 0) is 6.07 Å². The first-order valence-electron chi connectivity index (χ1n) is 5.99. The van der Waals surface area contributed by atoms with Crippen molar-refractivity contribution in [3.8, 4) is 0 Å². The second kappa shape index (κ2) is 9.37. The van der Waals surface area contributed by atoms with Gasteiger partial charge in [-0.3, -0.25) is 0 Å². The van der Waals surface area contributed by atoms with Crippen molar-refractivity contribution in [2.45, 2.75) is 0 Å². The molecule has 0 aliphatic carbocycles. The number of esters is 1. The predicted octanol–water partition coefficient (Wildman–Crippen LogP) is 0.433. The maximum atomic E-state index is 11.5. The summed E-state index contributed by atoms with van der Waals surface area (Å²) >= 11 is 0. The van der Waals surface area contributed by atoms with Gasteiger partial charge in [-0.25, -0.2) is 4.79 Å². The Bertz CT molecular complexity index is 367. The number of nitrogen functional groups attached to an aromatic ring is 1. The highest BCUT2D eigenvalue weighted by molar-refractivity contribution is 5.88. The van der Waals surface area contributed by atoms with E-state index < -0.39 is 5.97 Å². The maximum absolute atomic E-state index is 11.5. The number of nitrogens with one attached hydrogen (secondary N) is 1. The third kappa shape index (κ3) is 6.80. The number of carbonyl (C=O) groups excluding carboxylic acids is 1. The van der Waals surface area contributed by atoms with Crippen LogP contribution in [0.25, 0.3) is 0 Å². The van der Waals surface area contributed by atoms with Crippen LogP contribution in [-0.2, 0) is 18.9 Å². The number of ether oxygens (including phenoxy) is 4. The summed E-state index contributed by atoms with van der Waals surface area (Å²) in [4.78, 5) is 14.2. The quantitative estimate of drug-likeness (QED) is 0.474. The molecule has 0 aliphatic heterocycles. The summed E-state index contributed by atoms with van der Waals surface area (Å²) < 4.78 is 20.2. The summed E-state index contributed by atoms with van der Waals surface area (Å²) in [7, 11) is 1.62. The molecule has 1 rings (SSSR count). The number of carbonyl (C=O) groups is 1. The Labute approximate surface area is 112 Å². The molecule has 0 fully saturated rings. The van der Waals surface area contributed by atoms with Crippen LogP contribution in [0.2, 0.25) is 0 Å². The van der Waals surface area contributed by atoms with Crippen molar-refractivity contribution in [3.05, 3.63) is 18.0 Å². The lowest BCUT2D eigenvalue weighted by Crippen LogP contribution is -2.14. The van der Waals surface area contributed by atoms with E-state index in [9.17, 15) is 4.79 Å². The monoisotopic (exact) mass is 272 g/mol. The van der Waals surface area contributed by atoms with Crippen LogP contribution in [0.3, 0.4) is 0 Å². The minimum Gasteiger partial charge on any atom is -0.459 e. The number of anilines is 1. The molecule has 0 spiro atoms. The van der Waals surface area contributed by atoms with E-state index in [-0.39, 0.29) is 6.61 Å². The molecule has 0 amide bonds. The molecular weight excluding hydrogens is 252 g/mol. The average molecular weight is 272 g/mol. The van der Waals surface area contributed by atoms with E-state index in [0.717, 1.165) is 0 Å². The molecular formula is C12H20N2O5. The molecule has 7 nitrogen and oxygen atoms in total. The molecule has 0 aliphatic rings. The fourth-order valence-electron chi connectivity index (χ4n) is 1.26. The fourth-order valence-corrected chi connectivity index (χ4v) is 1.26. The number of nitrogens with two attached hydrogens (primary N) is 1. The molecule has 7 heteroatoms. The van der Waals surface area contributed by atoms with Gasteiger partial charge >= 0.3 is 5.97 Å². The van der Waals surface area contributed by atoms with Crippen molar-refractivity contribution in [2.24, 2.45) is 0 Å². The van der Waals surface area contributed by atoms with Gasteiger partial charge < -0.3 is 29.7 Å². The van der Waals surface area contributed by atoms with Crippen LogP contribution in [0, 0.1) is 0 Å². The van der Waals surface area contributed by atoms with Crippen molar-refractivity contribution < 1.29 is 23.7 Å². The molecule has 0 aromatic carbocycles. The highest BCUT2D eigenvalue weighted by Gasteiger charge is 2.08. The minimum absolute atomic E-state index is 0.190. The number of hydrogen-bond donors (Lipinski definition) is 2. The Morgan fingerprint density at radius 2 is 1.79 bits per heavy atom. The Morgan fingerprint density at radius 3 is 2.37 bits per heavy atom. The van der Waals surface area contributed by atoms with Gasteiger partial charge in [-0.2, -0.15) is 0 Å². The van der Waals surface area contributed by atoms with E-state index in [4.69, 9.17) is 24.7 Å². The number of hydrogen-bond acceptors (Lipinski definition) is 6. The standard InChI is InChI=1S/C12H20N2O5/c1-16-2-3-17-4-5-18-6-7-19-12(15)11-8-10(13)9-14-11/h8-9,14H,2-7,13H2,1H3. The number of aromatic nitrogens is 1. The van der Waals surface area contributed by atoms with Gasteiger partial charge in [0.2, 0.25) is 0 Å². The lowest BCUT2D eigenvalue weighted by atomic mass is 10.4. The Balaban J connectivity index is 1.95. The van der Waals surface area contributed by atoms with Gasteiger partial charge in [0.1, 0.15) is 12.3 Å². The second-order valence-electron chi connectivity index (χ2n) is 3.70. The van der Waals surface area contributed by atoms with E-state index in [0.29, 0.717) is 44.4 Å². The SMILES string of the molecule is COCCOCCOCCOC(=O)c1cc(N)c[nH]1. The molecule has 0 saturated heterocycles. The smallest absolute Gasteiger partial charge is 0.354 e. The van der Waals surface area contributed by atoms with Crippen molar-refractivity contribution in [1.29, 1.82) is 0 Å². The van der Waals surface area contributed by atoms with Gasteiger partial charge in [-0.1, -0.05) is 0 Å². The van der Waals surface area contributed by atoms with Crippen molar-refractivity contribution in [3.63, 3.8) is 0 Å².